The van der Waals surface area contributed by atoms with Gasteiger partial charge in [0.15, 0.2) is 0 Å². The Balaban J connectivity index is 1.63. The first-order chi connectivity index (χ1) is 10.8. The van der Waals surface area contributed by atoms with Crippen molar-refractivity contribution in [3.05, 3.63) is 59.9 Å². The standard InChI is InChI=1S/C18H22N2O2/c1-22-17-8-2-5-15(13-17)10-12-20-18(21)9-3-6-16-7-4-11-19-14-16/h2,4-5,7-8,11,13-14H,3,6,9-10,12H2,1H3,(H,20,21). The second-order valence-corrected chi connectivity index (χ2v) is 5.17. The Bertz CT molecular complexity index is 585. The van der Waals surface area contributed by atoms with Gasteiger partial charge in [-0.2, -0.15) is 0 Å². The van der Waals surface area contributed by atoms with Crippen LogP contribution in [0.15, 0.2) is 48.8 Å². The van der Waals surface area contributed by atoms with Crippen molar-refractivity contribution in [2.75, 3.05) is 13.7 Å². The van der Waals surface area contributed by atoms with E-state index in [1.807, 2.05) is 42.6 Å². The van der Waals surface area contributed by atoms with Gasteiger partial charge in [-0.15, -0.1) is 0 Å². The highest BCUT2D eigenvalue weighted by molar-refractivity contribution is 5.75. The van der Waals surface area contributed by atoms with Gasteiger partial charge in [0.2, 0.25) is 5.91 Å². The Kier molecular flexibility index (Phi) is 6.42. The van der Waals surface area contributed by atoms with Crippen LogP contribution in [0.3, 0.4) is 0 Å². The van der Waals surface area contributed by atoms with Crippen molar-refractivity contribution in [2.24, 2.45) is 0 Å². The van der Waals surface area contributed by atoms with Gasteiger partial charge in [-0.1, -0.05) is 18.2 Å². The largest absolute Gasteiger partial charge is 0.497 e. The van der Waals surface area contributed by atoms with E-state index in [1.54, 1.807) is 13.3 Å². The van der Waals surface area contributed by atoms with Crippen LogP contribution in [0.5, 0.6) is 5.75 Å². The summed E-state index contributed by atoms with van der Waals surface area (Å²) in [4.78, 5) is 15.9. The van der Waals surface area contributed by atoms with E-state index < -0.39 is 0 Å². The lowest BCUT2D eigenvalue weighted by Gasteiger charge is -2.07. The molecule has 0 aliphatic carbocycles. The predicted octanol–water partition coefficient (Wildman–Crippen LogP) is 2.77. The number of carbonyl (C=O) groups is 1. The van der Waals surface area contributed by atoms with Crippen LogP contribution < -0.4 is 10.1 Å². The molecule has 1 aromatic carbocycles. The minimum atomic E-state index is 0.104. The summed E-state index contributed by atoms with van der Waals surface area (Å²) in [6, 6.07) is 11.9. The van der Waals surface area contributed by atoms with E-state index in [2.05, 4.69) is 10.3 Å². The molecular weight excluding hydrogens is 276 g/mol. The fourth-order valence-electron chi connectivity index (χ4n) is 2.26. The van der Waals surface area contributed by atoms with E-state index in [0.29, 0.717) is 13.0 Å². The van der Waals surface area contributed by atoms with Gasteiger partial charge in [-0.05, 0) is 48.6 Å². The van der Waals surface area contributed by atoms with Crippen molar-refractivity contribution >= 4 is 5.91 Å². The molecule has 22 heavy (non-hydrogen) atoms. The zero-order chi connectivity index (χ0) is 15.6. The topological polar surface area (TPSA) is 51.2 Å². The van der Waals surface area contributed by atoms with Crippen LogP contribution >= 0.6 is 0 Å². The fraction of sp³-hybridized carbons (Fsp3) is 0.333. The average Bonchev–Trinajstić information content (AvgIpc) is 2.56. The van der Waals surface area contributed by atoms with Gasteiger partial charge in [0.05, 0.1) is 7.11 Å². The number of nitrogens with zero attached hydrogens (tertiary/aromatic N) is 1. The number of aryl methyl sites for hydroxylation is 1. The lowest BCUT2D eigenvalue weighted by Crippen LogP contribution is -2.25. The van der Waals surface area contributed by atoms with E-state index in [-0.39, 0.29) is 5.91 Å². The van der Waals surface area contributed by atoms with E-state index in [9.17, 15) is 4.79 Å². The van der Waals surface area contributed by atoms with Crippen molar-refractivity contribution in [1.82, 2.24) is 10.3 Å². The van der Waals surface area contributed by atoms with Gasteiger partial charge in [0.1, 0.15) is 5.75 Å². The van der Waals surface area contributed by atoms with Gasteiger partial charge in [-0.3, -0.25) is 9.78 Å². The number of rotatable bonds is 8. The summed E-state index contributed by atoms with van der Waals surface area (Å²) in [5.74, 6) is 0.951. The van der Waals surface area contributed by atoms with Crippen LogP contribution in [0, 0.1) is 0 Å². The Morgan fingerprint density at radius 2 is 2.05 bits per heavy atom. The number of benzene rings is 1. The Morgan fingerprint density at radius 3 is 2.82 bits per heavy atom. The molecule has 116 valence electrons. The molecule has 0 aliphatic heterocycles. The molecule has 0 atom stereocenters. The fourth-order valence-corrected chi connectivity index (χ4v) is 2.26. The summed E-state index contributed by atoms with van der Waals surface area (Å²) in [5, 5.41) is 2.96. The molecule has 1 N–H and O–H groups in total. The van der Waals surface area contributed by atoms with Crippen LogP contribution in [0.25, 0.3) is 0 Å². The number of ether oxygens (including phenoxy) is 1. The van der Waals surface area contributed by atoms with Crippen molar-refractivity contribution < 1.29 is 9.53 Å². The maximum absolute atomic E-state index is 11.8. The molecule has 0 fully saturated rings. The smallest absolute Gasteiger partial charge is 0.220 e. The molecule has 0 aliphatic rings. The number of amides is 1. The summed E-state index contributed by atoms with van der Waals surface area (Å²) in [7, 11) is 1.66. The molecular formula is C18H22N2O2. The van der Waals surface area contributed by atoms with E-state index >= 15 is 0 Å². The summed E-state index contributed by atoms with van der Waals surface area (Å²) in [5.41, 5.74) is 2.33. The molecule has 4 heteroatoms. The molecule has 2 rings (SSSR count). The molecule has 2 aromatic rings. The molecule has 0 bridgehead atoms. The number of nitrogens with one attached hydrogen (secondary N) is 1. The normalized spacial score (nSPS) is 10.2. The average molecular weight is 298 g/mol. The lowest BCUT2D eigenvalue weighted by molar-refractivity contribution is -0.121. The third-order valence-corrected chi connectivity index (χ3v) is 3.46. The first-order valence-corrected chi connectivity index (χ1v) is 7.56. The Hall–Kier alpha value is -2.36. The highest BCUT2D eigenvalue weighted by atomic mass is 16.5. The summed E-state index contributed by atoms with van der Waals surface area (Å²) in [6.07, 6.45) is 6.70. The van der Waals surface area contributed by atoms with Crippen molar-refractivity contribution in [3.8, 4) is 5.75 Å². The number of hydrogen-bond donors (Lipinski definition) is 1. The molecule has 4 nitrogen and oxygen atoms in total. The summed E-state index contributed by atoms with van der Waals surface area (Å²) < 4.78 is 5.18. The number of methoxy groups -OCH3 is 1. The first-order valence-electron chi connectivity index (χ1n) is 7.56. The molecule has 0 unspecified atom stereocenters. The summed E-state index contributed by atoms with van der Waals surface area (Å²) >= 11 is 0. The van der Waals surface area contributed by atoms with Crippen LogP contribution in [0.4, 0.5) is 0 Å². The third-order valence-electron chi connectivity index (χ3n) is 3.46. The molecule has 0 saturated carbocycles. The highest BCUT2D eigenvalue weighted by Gasteiger charge is 2.02. The molecule has 0 saturated heterocycles. The SMILES string of the molecule is COc1cccc(CCNC(=O)CCCc2cccnc2)c1. The highest BCUT2D eigenvalue weighted by Crippen LogP contribution is 2.12. The van der Waals surface area contributed by atoms with Crippen LogP contribution in [0.1, 0.15) is 24.0 Å². The van der Waals surface area contributed by atoms with E-state index in [1.165, 1.54) is 5.56 Å². The van der Waals surface area contributed by atoms with Crippen molar-refractivity contribution in [2.45, 2.75) is 25.7 Å². The molecule has 0 radical (unpaired) electrons. The quantitative estimate of drug-likeness (QED) is 0.815. The van der Waals surface area contributed by atoms with E-state index in [0.717, 1.165) is 30.6 Å². The van der Waals surface area contributed by atoms with Crippen LogP contribution in [0.2, 0.25) is 0 Å². The van der Waals surface area contributed by atoms with Crippen LogP contribution in [-0.4, -0.2) is 24.5 Å². The second kappa shape index (κ2) is 8.82. The van der Waals surface area contributed by atoms with Gasteiger partial charge in [-0.25, -0.2) is 0 Å². The zero-order valence-corrected chi connectivity index (χ0v) is 12.9. The third kappa shape index (κ3) is 5.56. The number of hydrogen-bond acceptors (Lipinski definition) is 3. The molecule has 1 aromatic heterocycles. The monoisotopic (exact) mass is 298 g/mol. The Labute approximate surface area is 131 Å². The number of pyridine rings is 1. The minimum absolute atomic E-state index is 0.104. The van der Waals surface area contributed by atoms with Gasteiger partial charge in [0, 0.05) is 25.4 Å². The van der Waals surface area contributed by atoms with E-state index in [4.69, 9.17) is 4.74 Å². The van der Waals surface area contributed by atoms with Crippen LogP contribution in [-0.2, 0) is 17.6 Å². The zero-order valence-electron chi connectivity index (χ0n) is 12.9. The number of aromatic nitrogens is 1. The molecule has 1 heterocycles. The molecule has 0 spiro atoms. The predicted molar refractivity (Wildman–Crippen MR) is 86.9 cm³/mol. The van der Waals surface area contributed by atoms with Gasteiger partial charge in [0.25, 0.3) is 0 Å². The van der Waals surface area contributed by atoms with Crippen molar-refractivity contribution in [1.29, 1.82) is 0 Å². The first kappa shape index (κ1) is 16.0. The maximum atomic E-state index is 11.8. The number of carbonyl (C=O) groups excluding carboxylic acids is 1. The Morgan fingerprint density at radius 1 is 1.18 bits per heavy atom. The molecule has 1 amide bonds. The maximum Gasteiger partial charge on any atom is 0.220 e. The van der Waals surface area contributed by atoms with Gasteiger partial charge < -0.3 is 10.1 Å². The van der Waals surface area contributed by atoms with Gasteiger partial charge >= 0.3 is 0 Å². The summed E-state index contributed by atoms with van der Waals surface area (Å²) in [6.45, 7) is 0.652. The lowest BCUT2D eigenvalue weighted by atomic mass is 10.1. The van der Waals surface area contributed by atoms with Crippen molar-refractivity contribution in [3.63, 3.8) is 0 Å². The second-order valence-electron chi connectivity index (χ2n) is 5.17. The minimum Gasteiger partial charge on any atom is -0.497 e.